The second-order valence-electron chi connectivity index (χ2n) is 4.13. The lowest BCUT2D eigenvalue weighted by Crippen LogP contribution is -2.17. The number of sulfonamides is 1. The fourth-order valence-electron chi connectivity index (χ4n) is 1.53. The number of nitrogens with zero attached hydrogens (tertiary/aromatic N) is 2. The molecule has 0 saturated heterocycles. The Morgan fingerprint density at radius 2 is 2.05 bits per heavy atom. The number of hydrogen-bond donors (Lipinski definition) is 1. The Morgan fingerprint density at radius 1 is 1.36 bits per heavy atom. The van der Waals surface area contributed by atoms with E-state index >= 15 is 0 Å². The summed E-state index contributed by atoms with van der Waals surface area (Å²) < 4.78 is 67.7. The van der Waals surface area contributed by atoms with Crippen LogP contribution in [0.4, 0.5) is 18.9 Å². The first-order valence-electron chi connectivity index (χ1n) is 5.64. The van der Waals surface area contributed by atoms with Crippen molar-refractivity contribution in [3.05, 3.63) is 35.7 Å². The molecule has 1 heterocycles. The summed E-state index contributed by atoms with van der Waals surface area (Å²) in [5.74, 6) is -0.556. The number of aromatic nitrogens is 2. The fraction of sp³-hybridized carbons (Fsp3) is 0.182. The summed E-state index contributed by atoms with van der Waals surface area (Å²) in [7, 11) is -2.64. The molecule has 0 aliphatic carbocycles. The number of alkyl halides is 3. The molecule has 0 aliphatic rings. The van der Waals surface area contributed by atoms with Crippen LogP contribution < -0.4 is 9.46 Å². The van der Waals surface area contributed by atoms with Crippen molar-refractivity contribution >= 4 is 27.3 Å². The third-order valence-electron chi connectivity index (χ3n) is 2.41. The van der Waals surface area contributed by atoms with Crippen LogP contribution in [0.5, 0.6) is 5.75 Å². The summed E-state index contributed by atoms with van der Waals surface area (Å²) in [4.78, 5) is 3.63. The zero-order valence-electron chi connectivity index (χ0n) is 10.9. The van der Waals surface area contributed by atoms with Crippen LogP contribution in [-0.4, -0.2) is 24.3 Å². The molecule has 2 aromatic rings. The zero-order valence-corrected chi connectivity index (χ0v) is 12.5. The van der Waals surface area contributed by atoms with Gasteiger partial charge in [0.15, 0.2) is 0 Å². The van der Waals surface area contributed by atoms with Gasteiger partial charge in [-0.3, -0.25) is 4.72 Å². The van der Waals surface area contributed by atoms with Crippen molar-refractivity contribution in [1.82, 2.24) is 9.55 Å². The molecule has 0 saturated carbocycles. The topological polar surface area (TPSA) is 73.2 Å². The van der Waals surface area contributed by atoms with Crippen LogP contribution >= 0.6 is 11.6 Å². The normalized spacial score (nSPS) is 12.2. The molecule has 11 heteroatoms. The van der Waals surface area contributed by atoms with Crippen LogP contribution in [0, 0.1) is 0 Å². The number of nitrogens with one attached hydrogen (secondary N) is 1. The first kappa shape index (κ1) is 16.4. The number of aryl methyl sites for hydroxylation is 1. The number of rotatable bonds is 4. The largest absolute Gasteiger partial charge is 0.573 e. The van der Waals surface area contributed by atoms with Crippen molar-refractivity contribution in [3.63, 3.8) is 0 Å². The Bertz CT molecular complexity index is 789. The second kappa shape index (κ2) is 5.69. The number of benzene rings is 1. The summed E-state index contributed by atoms with van der Waals surface area (Å²) in [5, 5.41) is -0.561. The highest BCUT2D eigenvalue weighted by atomic mass is 35.5. The van der Waals surface area contributed by atoms with Gasteiger partial charge in [0.2, 0.25) is 5.03 Å². The second-order valence-corrected chi connectivity index (χ2v) is 6.09. The molecule has 0 radical (unpaired) electrons. The van der Waals surface area contributed by atoms with Gasteiger partial charge in [-0.2, -0.15) is 8.42 Å². The monoisotopic (exact) mass is 355 g/mol. The number of hydrogen-bond acceptors (Lipinski definition) is 4. The summed E-state index contributed by atoms with van der Waals surface area (Å²) in [6.45, 7) is 0. The molecule has 1 aromatic heterocycles. The van der Waals surface area contributed by atoms with E-state index in [2.05, 4.69) is 14.4 Å². The lowest BCUT2D eigenvalue weighted by molar-refractivity contribution is -0.274. The van der Waals surface area contributed by atoms with E-state index in [0.29, 0.717) is 0 Å². The fourth-order valence-corrected chi connectivity index (χ4v) is 3.02. The van der Waals surface area contributed by atoms with Crippen molar-refractivity contribution in [3.8, 4) is 5.75 Å². The Morgan fingerprint density at radius 3 is 2.59 bits per heavy atom. The van der Waals surface area contributed by atoms with Gasteiger partial charge in [-0.1, -0.05) is 17.7 Å². The molecule has 120 valence electrons. The third kappa shape index (κ3) is 3.83. The predicted octanol–water partition coefficient (Wildman–Crippen LogP) is 2.77. The van der Waals surface area contributed by atoms with Crippen LogP contribution in [0.15, 0.2) is 35.6 Å². The minimum atomic E-state index is -4.87. The van der Waals surface area contributed by atoms with Gasteiger partial charge < -0.3 is 9.30 Å². The Labute approximate surface area is 128 Å². The van der Waals surface area contributed by atoms with E-state index < -0.39 is 27.2 Å². The standard InChI is InChI=1S/C11H9ClF3N3O3S/c1-18-6-16-10(9(18)12)22(19,20)17-7-3-2-4-8(5-7)21-11(13,14)15/h2-6,17H,1H3. The van der Waals surface area contributed by atoms with Gasteiger partial charge in [0.25, 0.3) is 10.0 Å². The van der Waals surface area contributed by atoms with E-state index in [1.54, 1.807) is 0 Å². The first-order valence-corrected chi connectivity index (χ1v) is 7.50. The molecule has 0 bridgehead atoms. The molecule has 0 unspecified atom stereocenters. The van der Waals surface area contributed by atoms with Gasteiger partial charge in [0.05, 0.1) is 12.0 Å². The van der Waals surface area contributed by atoms with Crippen molar-refractivity contribution in [2.24, 2.45) is 7.05 Å². The van der Waals surface area contributed by atoms with Crippen LogP contribution in [0.3, 0.4) is 0 Å². The van der Waals surface area contributed by atoms with Crippen LogP contribution in [0.25, 0.3) is 0 Å². The SMILES string of the molecule is Cn1cnc(S(=O)(=O)Nc2cccc(OC(F)(F)F)c2)c1Cl. The van der Waals surface area contributed by atoms with E-state index in [4.69, 9.17) is 11.6 Å². The molecule has 0 amide bonds. The average Bonchev–Trinajstić information content (AvgIpc) is 2.68. The Kier molecular flexibility index (Phi) is 4.25. The lowest BCUT2D eigenvalue weighted by Gasteiger charge is -2.11. The summed E-state index contributed by atoms with van der Waals surface area (Å²) in [6.07, 6.45) is -3.68. The lowest BCUT2D eigenvalue weighted by atomic mass is 10.3. The molecule has 0 spiro atoms. The highest BCUT2D eigenvalue weighted by molar-refractivity contribution is 7.92. The molecular formula is C11H9ClF3N3O3S. The van der Waals surface area contributed by atoms with E-state index in [1.807, 2.05) is 0 Å². The molecule has 1 aromatic carbocycles. The smallest absolute Gasteiger partial charge is 0.406 e. The van der Waals surface area contributed by atoms with Crippen molar-refractivity contribution in [1.29, 1.82) is 0 Å². The maximum Gasteiger partial charge on any atom is 0.573 e. The van der Waals surface area contributed by atoms with Crippen molar-refractivity contribution in [2.75, 3.05) is 4.72 Å². The van der Waals surface area contributed by atoms with Gasteiger partial charge in [-0.25, -0.2) is 4.98 Å². The van der Waals surface area contributed by atoms with Crippen LogP contribution in [-0.2, 0) is 17.1 Å². The molecule has 0 fully saturated rings. The molecular weight excluding hydrogens is 347 g/mol. The molecule has 2 rings (SSSR count). The number of imidazole rings is 1. The quantitative estimate of drug-likeness (QED) is 0.915. The minimum absolute atomic E-state index is 0.122. The zero-order chi connectivity index (χ0) is 16.5. The number of halogens is 4. The number of ether oxygens (including phenoxy) is 1. The Balaban J connectivity index is 2.27. The summed E-state index contributed by atoms with van der Waals surface area (Å²) >= 11 is 5.79. The third-order valence-corrected chi connectivity index (χ3v) is 4.28. The van der Waals surface area contributed by atoms with E-state index in [1.165, 1.54) is 30.1 Å². The number of anilines is 1. The van der Waals surface area contributed by atoms with Gasteiger partial charge >= 0.3 is 6.36 Å². The molecule has 22 heavy (non-hydrogen) atoms. The van der Waals surface area contributed by atoms with Crippen LogP contribution in [0.2, 0.25) is 5.15 Å². The maximum atomic E-state index is 12.1. The summed E-state index contributed by atoms with van der Waals surface area (Å²) in [6, 6.07) is 4.40. The van der Waals surface area contributed by atoms with Gasteiger partial charge in [0, 0.05) is 13.1 Å². The molecule has 0 atom stereocenters. The van der Waals surface area contributed by atoms with Crippen molar-refractivity contribution < 1.29 is 26.3 Å². The Hall–Kier alpha value is -1.94. The van der Waals surface area contributed by atoms with Gasteiger partial charge in [-0.05, 0) is 12.1 Å². The summed E-state index contributed by atoms with van der Waals surface area (Å²) in [5.41, 5.74) is -0.122. The van der Waals surface area contributed by atoms with E-state index in [9.17, 15) is 21.6 Å². The average molecular weight is 356 g/mol. The predicted molar refractivity (Wildman–Crippen MR) is 72.2 cm³/mol. The van der Waals surface area contributed by atoms with Crippen LogP contribution in [0.1, 0.15) is 0 Å². The van der Waals surface area contributed by atoms with Crippen molar-refractivity contribution in [2.45, 2.75) is 11.4 Å². The highest BCUT2D eigenvalue weighted by Gasteiger charge is 2.31. The first-order chi connectivity index (χ1) is 10.1. The van der Waals surface area contributed by atoms with Gasteiger partial charge in [0.1, 0.15) is 10.9 Å². The minimum Gasteiger partial charge on any atom is -0.406 e. The van der Waals surface area contributed by atoms with E-state index in [0.717, 1.165) is 12.1 Å². The van der Waals surface area contributed by atoms with E-state index in [-0.39, 0.29) is 10.8 Å². The highest BCUT2D eigenvalue weighted by Crippen LogP contribution is 2.27. The maximum absolute atomic E-state index is 12.1. The molecule has 1 N–H and O–H groups in total. The molecule has 0 aliphatic heterocycles. The van der Waals surface area contributed by atoms with Gasteiger partial charge in [-0.15, -0.1) is 13.2 Å². The molecule has 6 nitrogen and oxygen atoms in total.